The van der Waals surface area contributed by atoms with Crippen LogP contribution in [0.15, 0.2) is 35.3 Å². The average molecular weight is 331 g/mol. The lowest BCUT2D eigenvalue weighted by Gasteiger charge is -2.30. The van der Waals surface area contributed by atoms with Gasteiger partial charge in [0, 0.05) is 27.2 Å². The van der Waals surface area contributed by atoms with Crippen molar-refractivity contribution < 1.29 is 0 Å². The molecule has 1 fully saturated rings. The summed E-state index contributed by atoms with van der Waals surface area (Å²) in [6.07, 6.45) is 5.24. The van der Waals surface area contributed by atoms with Gasteiger partial charge in [0.05, 0.1) is 6.54 Å². The summed E-state index contributed by atoms with van der Waals surface area (Å²) in [5, 5.41) is 3.49. The predicted molar refractivity (Wildman–Crippen MR) is 103 cm³/mol. The number of aliphatic imine (C=N–C) groups is 1. The topological polar surface area (TPSA) is 30.9 Å². The van der Waals surface area contributed by atoms with Crippen molar-refractivity contribution in [1.29, 1.82) is 0 Å². The van der Waals surface area contributed by atoms with E-state index in [1.165, 1.54) is 50.9 Å². The first-order valence-corrected chi connectivity index (χ1v) is 9.37. The van der Waals surface area contributed by atoms with E-state index in [0.717, 1.165) is 25.0 Å². The van der Waals surface area contributed by atoms with Crippen LogP contribution in [-0.2, 0) is 6.54 Å². The van der Waals surface area contributed by atoms with Crippen LogP contribution in [0.4, 0.5) is 0 Å². The van der Waals surface area contributed by atoms with Crippen molar-refractivity contribution in [3.63, 3.8) is 0 Å². The van der Waals surface area contributed by atoms with Gasteiger partial charge in [-0.05, 0) is 50.3 Å². The Morgan fingerprint density at radius 1 is 1.25 bits per heavy atom. The third-order valence-corrected chi connectivity index (χ3v) is 4.60. The largest absolute Gasteiger partial charge is 0.356 e. The second-order valence-electron chi connectivity index (χ2n) is 7.20. The van der Waals surface area contributed by atoms with E-state index in [9.17, 15) is 0 Å². The minimum Gasteiger partial charge on any atom is -0.356 e. The number of hydrogen-bond acceptors (Lipinski definition) is 2. The highest BCUT2D eigenvalue weighted by molar-refractivity contribution is 5.79. The maximum Gasteiger partial charge on any atom is 0.193 e. The molecule has 1 heterocycles. The molecule has 134 valence electrons. The molecule has 0 amide bonds. The molecule has 1 aromatic carbocycles. The minimum atomic E-state index is 0.729. The SMILES string of the molecule is CC1CCCN(CCCCNC(=NCc2ccccc2)N(C)C)C1. The van der Waals surface area contributed by atoms with E-state index in [0.29, 0.717) is 0 Å². The molecule has 0 aliphatic carbocycles. The number of rotatable bonds is 7. The zero-order valence-corrected chi connectivity index (χ0v) is 15.7. The fourth-order valence-electron chi connectivity index (χ4n) is 3.26. The van der Waals surface area contributed by atoms with Crippen molar-refractivity contribution in [2.45, 2.75) is 39.2 Å². The van der Waals surface area contributed by atoms with E-state index in [2.05, 4.69) is 46.3 Å². The summed E-state index contributed by atoms with van der Waals surface area (Å²) in [4.78, 5) is 9.41. The summed E-state index contributed by atoms with van der Waals surface area (Å²) in [6, 6.07) is 10.4. The van der Waals surface area contributed by atoms with E-state index >= 15 is 0 Å². The maximum absolute atomic E-state index is 4.71. The van der Waals surface area contributed by atoms with Gasteiger partial charge in [0.25, 0.3) is 0 Å². The molecule has 1 atom stereocenters. The van der Waals surface area contributed by atoms with Gasteiger partial charge in [-0.15, -0.1) is 0 Å². The van der Waals surface area contributed by atoms with Gasteiger partial charge >= 0.3 is 0 Å². The fraction of sp³-hybridized carbons (Fsp3) is 0.650. The Kier molecular flexibility index (Phi) is 8.10. The highest BCUT2D eigenvalue weighted by atomic mass is 15.3. The van der Waals surface area contributed by atoms with Crippen LogP contribution in [0.25, 0.3) is 0 Å². The van der Waals surface area contributed by atoms with Crippen LogP contribution >= 0.6 is 0 Å². The number of piperidine rings is 1. The summed E-state index contributed by atoms with van der Waals surface area (Å²) in [5.74, 6) is 1.85. The molecule has 1 saturated heterocycles. The van der Waals surface area contributed by atoms with Crippen LogP contribution in [0, 0.1) is 5.92 Å². The van der Waals surface area contributed by atoms with Crippen LogP contribution in [-0.4, -0.2) is 56.0 Å². The molecule has 4 heteroatoms. The number of nitrogens with zero attached hydrogens (tertiary/aromatic N) is 3. The van der Waals surface area contributed by atoms with Crippen LogP contribution in [0.2, 0.25) is 0 Å². The van der Waals surface area contributed by atoms with Gasteiger partial charge < -0.3 is 15.1 Å². The molecule has 24 heavy (non-hydrogen) atoms. The smallest absolute Gasteiger partial charge is 0.193 e. The molecule has 0 bridgehead atoms. The Labute approximate surface area is 147 Å². The van der Waals surface area contributed by atoms with Crippen molar-refractivity contribution in [1.82, 2.24) is 15.1 Å². The van der Waals surface area contributed by atoms with E-state index in [-0.39, 0.29) is 0 Å². The Morgan fingerprint density at radius 3 is 2.75 bits per heavy atom. The first-order chi connectivity index (χ1) is 11.6. The van der Waals surface area contributed by atoms with Crippen molar-refractivity contribution >= 4 is 5.96 Å². The van der Waals surface area contributed by atoms with E-state index < -0.39 is 0 Å². The maximum atomic E-state index is 4.71. The molecule has 1 N–H and O–H groups in total. The molecule has 2 rings (SSSR count). The molecule has 1 aromatic rings. The third-order valence-electron chi connectivity index (χ3n) is 4.60. The number of nitrogens with one attached hydrogen (secondary N) is 1. The quantitative estimate of drug-likeness (QED) is 0.473. The van der Waals surface area contributed by atoms with Gasteiger partial charge in [0.1, 0.15) is 0 Å². The summed E-state index contributed by atoms with van der Waals surface area (Å²) in [7, 11) is 4.10. The lowest BCUT2D eigenvalue weighted by molar-refractivity contribution is 0.181. The van der Waals surface area contributed by atoms with Crippen molar-refractivity contribution in [2.75, 3.05) is 40.3 Å². The van der Waals surface area contributed by atoms with Crippen LogP contribution in [0.1, 0.15) is 38.2 Å². The van der Waals surface area contributed by atoms with Crippen LogP contribution in [0.5, 0.6) is 0 Å². The summed E-state index contributed by atoms with van der Waals surface area (Å²) < 4.78 is 0. The second-order valence-corrected chi connectivity index (χ2v) is 7.20. The van der Waals surface area contributed by atoms with Crippen LogP contribution in [0.3, 0.4) is 0 Å². The molecule has 0 aromatic heterocycles. The van der Waals surface area contributed by atoms with Gasteiger partial charge in [0.15, 0.2) is 5.96 Å². The number of unbranched alkanes of at least 4 members (excludes halogenated alkanes) is 1. The number of guanidine groups is 1. The van der Waals surface area contributed by atoms with Gasteiger partial charge in [-0.25, -0.2) is 4.99 Å². The summed E-state index contributed by atoms with van der Waals surface area (Å²) in [5.41, 5.74) is 1.25. The van der Waals surface area contributed by atoms with Gasteiger partial charge in [-0.1, -0.05) is 37.3 Å². The third kappa shape index (κ3) is 6.91. The van der Waals surface area contributed by atoms with Crippen LogP contribution < -0.4 is 5.32 Å². The number of likely N-dealkylation sites (tertiary alicyclic amines) is 1. The molecule has 0 radical (unpaired) electrons. The molecule has 0 spiro atoms. The summed E-state index contributed by atoms with van der Waals surface area (Å²) >= 11 is 0. The van der Waals surface area contributed by atoms with Crippen molar-refractivity contribution in [3.05, 3.63) is 35.9 Å². The average Bonchev–Trinajstić information content (AvgIpc) is 2.58. The number of hydrogen-bond donors (Lipinski definition) is 1. The molecule has 1 aliphatic heterocycles. The van der Waals surface area contributed by atoms with Gasteiger partial charge in [0.2, 0.25) is 0 Å². The normalized spacial score (nSPS) is 19.3. The van der Waals surface area contributed by atoms with E-state index in [4.69, 9.17) is 4.99 Å². The zero-order valence-electron chi connectivity index (χ0n) is 15.7. The highest BCUT2D eigenvalue weighted by Crippen LogP contribution is 2.15. The molecule has 0 saturated carbocycles. The Morgan fingerprint density at radius 2 is 2.04 bits per heavy atom. The minimum absolute atomic E-state index is 0.729. The lowest BCUT2D eigenvalue weighted by Crippen LogP contribution is -2.38. The van der Waals surface area contributed by atoms with Gasteiger partial charge in [-0.3, -0.25) is 0 Å². The van der Waals surface area contributed by atoms with Crippen molar-refractivity contribution in [3.8, 4) is 0 Å². The predicted octanol–water partition coefficient (Wildman–Crippen LogP) is 3.21. The standard InChI is InChI=1S/C20H34N4/c1-18-10-9-15-24(17-18)14-8-7-13-21-20(23(2)3)22-16-19-11-5-4-6-12-19/h4-6,11-12,18H,7-10,13-17H2,1-3H3,(H,21,22). The molecule has 4 nitrogen and oxygen atoms in total. The molecular weight excluding hydrogens is 296 g/mol. The Bertz CT molecular complexity index is 484. The monoisotopic (exact) mass is 330 g/mol. The number of benzene rings is 1. The Hall–Kier alpha value is -1.55. The summed E-state index contributed by atoms with van der Waals surface area (Å²) in [6.45, 7) is 7.92. The first-order valence-electron chi connectivity index (χ1n) is 9.37. The molecule has 1 aliphatic rings. The molecular formula is C20H34N4. The zero-order chi connectivity index (χ0) is 17.2. The van der Waals surface area contributed by atoms with E-state index in [1.807, 2.05) is 20.2 Å². The fourth-order valence-corrected chi connectivity index (χ4v) is 3.26. The first kappa shape index (κ1) is 18.8. The second kappa shape index (κ2) is 10.3. The van der Waals surface area contributed by atoms with Crippen molar-refractivity contribution in [2.24, 2.45) is 10.9 Å². The molecule has 1 unspecified atom stereocenters. The van der Waals surface area contributed by atoms with Gasteiger partial charge in [-0.2, -0.15) is 0 Å². The Balaban J connectivity index is 1.66. The lowest BCUT2D eigenvalue weighted by atomic mass is 10.0. The van der Waals surface area contributed by atoms with E-state index in [1.54, 1.807) is 0 Å². The highest BCUT2D eigenvalue weighted by Gasteiger charge is 2.15.